The van der Waals surface area contributed by atoms with Gasteiger partial charge in [0.25, 0.3) is 17.4 Å². The maximum Gasteiger partial charge on any atom is 0.290 e. The minimum absolute atomic E-state index is 0.0664. The van der Waals surface area contributed by atoms with E-state index in [0.29, 0.717) is 16.3 Å². The summed E-state index contributed by atoms with van der Waals surface area (Å²) in [7, 11) is 0. The van der Waals surface area contributed by atoms with E-state index in [1.54, 1.807) is 36.4 Å². The van der Waals surface area contributed by atoms with E-state index >= 15 is 0 Å². The van der Waals surface area contributed by atoms with Gasteiger partial charge in [0.05, 0.1) is 11.4 Å². The van der Waals surface area contributed by atoms with E-state index in [9.17, 15) is 14.4 Å². The van der Waals surface area contributed by atoms with Crippen molar-refractivity contribution in [1.29, 1.82) is 0 Å². The molecule has 0 aliphatic rings. The zero-order valence-corrected chi connectivity index (χ0v) is 17.7. The third-order valence-corrected chi connectivity index (χ3v) is 5.39. The second-order valence-corrected chi connectivity index (χ2v) is 7.78. The smallest absolute Gasteiger partial charge is 0.290 e. The lowest BCUT2D eigenvalue weighted by molar-refractivity contribution is 0.0843. The number of hydrogen-bond acceptors (Lipinski definition) is 4. The monoisotopic (exact) mass is 417 g/mol. The van der Waals surface area contributed by atoms with Gasteiger partial charge in [0.15, 0.2) is 5.69 Å². The second-order valence-electron chi connectivity index (χ2n) is 7.78. The van der Waals surface area contributed by atoms with E-state index in [2.05, 4.69) is 20.9 Å². The number of hydrazine groups is 1. The third-order valence-electron chi connectivity index (χ3n) is 5.39. The summed E-state index contributed by atoms with van der Waals surface area (Å²) < 4.78 is 1.27. The number of carbonyl (C=O) groups excluding carboxylic acids is 2. The zero-order valence-electron chi connectivity index (χ0n) is 17.7. The van der Waals surface area contributed by atoms with Gasteiger partial charge >= 0.3 is 0 Å². The van der Waals surface area contributed by atoms with Crippen LogP contribution in [0, 0.1) is 13.8 Å². The fourth-order valence-corrected chi connectivity index (χ4v) is 3.57. The molecule has 3 N–H and O–H groups in total. The summed E-state index contributed by atoms with van der Waals surface area (Å²) in [5, 5.41) is 6.02. The van der Waals surface area contributed by atoms with Crippen molar-refractivity contribution < 1.29 is 9.59 Å². The average Bonchev–Trinajstić information content (AvgIpc) is 3.05. The van der Waals surface area contributed by atoms with Gasteiger partial charge in [-0.3, -0.25) is 25.2 Å². The molecule has 0 radical (unpaired) electrons. The number of aromatic nitrogens is 3. The van der Waals surface area contributed by atoms with E-state index in [1.165, 1.54) is 4.68 Å². The number of rotatable bonds is 3. The van der Waals surface area contributed by atoms with Gasteiger partial charge in [-0.25, -0.2) is 4.68 Å². The number of amides is 2. The number of hydrogen-bond donors (Lipinski definition) is 3. The van der Waals surface area contributed by atoms with Crippen LogP contribution in [-0.2, 0) is 0 Å². The minimum atomic E-state index is -0.603. The SMILES string of the molecule is Cc1[nH]c2ccc(C(=O)NNC(=O)c3nn(C(C)C)c(=O)c4ccccc34)cc2c1C. The van der Waals surface area contributed by atoms with Gasteiger partial charge in [0, 0.05) is 27.5 Å². The van der Waals surface area contributed by atoms with Crippen LogP contribution in [0.15, 0.2) is 47.3 Å². The lowest BCUT2D eigenvalue weighted by atomic mass is 10.1. The molecule has 2 amide bonds. The number of nitrogens with one attached hydrogen (secondary N) is 3. The second kappa shape index (κ2) is 7.71. The lowest BCUT2D eigenvalue weighted by Crippen LogP contribution is -2.43. The summed E-state index contributed by atoms with van der Waals surface area (Å²) in [6.45, 7) is 7.59. The number of benzene rings is 2. The number of H-pyrrole nitrogens is 1. The first kappa shape index (κ1) is 20.3. The molecule has 0 unspecified atom stereocenters. The number of nitrogens with zero attached hydrogens (tertiary/aromatic N) is 2. The summed E-state index contributed by atoms with van der Waals surface area (Å²) >= 11 is 0. The number of aromatic amines is 1. The highest BCUT2D eigenvalue weighted by atomic mass is 16.2. The molecule has 2 heterocycles. The first-order valence-corrected chi connectivity index (χ1v) is 9.99. The fraction of sp³-hybridized carbons (Fsp3) is 0.217. The van der Waals surface area contributed by atoms with Crippen LogP contribution < -0.4 is 16.4 Å². The van der Waals surface area contributed by atoms with Gasteiger partial charge < -0.3 is 4.98 Å². The minimum Gasteiger partial charge on any atom is -0.358 e. The lowest BCUT2D eigenvalue weighted by Gasteiger charge is -2.13. The standard InChI is InChI=1S/C23H23N5O3/c1-12(2)28-23(31)17-8-6-5-7-16(17)20(27-28)22(30)26-25-21(29)15-9-10-19-18(11-15)13(3)14(4)24-19/h5-12,24H,1-4H3,(H,25,29)(H,26,30). The van der Waals surface area contributed by atoms with Gasteiger partial charge in [0.2, 0.25) is 0 Å². The van der Waals surface area contributed by atoms with Crippen LogP contribution in [0.1, 0.15) is 52.0 Å². The Morgan fingerprint density at radius 2 is 1.65 bits per heavy atom. The molecule has 0 bridgehead atoms. The third kappa shape index (κ3) is 3.56. The molecule has 8 heteroatoms. The molecule has 4 aromatic rings. The molecular formula is C23H23N5O3. The number of aryl methyl sites for hydroxylation is 2. The van der Waals surface area contributed by atoms with Crippen LogP contribution in [0.25, 0.3) is 21.7 Å². The Kier molecular flexibility index (Phi) is 5.06. The summed E-state index contributed by atoms with van der Waals surface area (Å²) in [4.78, 5) is 41.4. The van der Waals surface area contributed by atoms with Crippen LogP contribution >= 0.6 is 0 Å². The summed E-state index contributed by atoms with van der Waals surface area (Å²) in [5.41, 5.74) is 8.13. The summed E-state index contributed by atoms with van der Waals surface area (Å²) in [6, 6.07) is 11.9. The molecule has 0 saturated heterocycles. The van der Waals surface area contributed by atoms with E-state index in [0.717, 1.165) is 22.2 Å². The molecule has 2 aromatic carbocycles. The normalized spacial score (nSPS) is 11.3. The predicted octanol–water partition coefficient (Wildman–Crippen LogP) is 3.15. The van der Waals surface area contributed by atoms with E-state index < -0.39 is 11.8 Å². The molecule has 4 rings (SSSR count). The molecule has 158 valence electrons. The first-order valence-electron chi connectivity index (χ1n) is 9.99. The topological polar surface area (TPSA) is 109 Å². The van der Waals surface area contributed by atoms with Crippen LogP contribution in [0.3, 0.4) is 0 Å². The molecule has 0 atom stereocenters. The van der Waals surface area contributed by atoms with Crippen molar-refractivity contribution in [3.8, 4) is 0 Å². The number of carbonyl (C=O) groups is 2. The van der Waals surface area contributed by atoms with Gasteiger partial charge in [-0.05, 0) is 57.5 Å². The molecular weight excluding hydrogens is 394 g/mol. The highest BCUT2D eigenvalue weighted by Gasteiger charge is 2.19. The van der Waals surface area contributed by atoms with Crippen molar-refractivity contribution in [2.45, 2.75) is 33.7 Å². The van der Waals surface area contributed by atoms with Gasteiger partial charge in [-0.1, -0.05) is 18.2 Å². The predicted molar refractivity (Wildman–Crippen MR) is 119 cm³/mol. The van der Waals surface area contributed by atoms with Crippen molar-refractivity contribution in [1.82, 2.24) is 25.6 Å². The summed E-state index contributed by atoms with van der Waals surface area (Å²) in [6.07, 6.45) is 0. The van der Waals surface area contributed by atoms with Gasteiger partial charge in [-0.2, -0.15) is 5.10 Å². The Balaban J connectivity index is 1.61. The van der Waals surface area contributed by atoms with Gasteiger partial charge in [-0.15, -0.1) is 0 Å². The Morgan fingerprint density at radius 1 is 0.968 bits per heavy atom. The van der Waals surface area contributed by atoms with Crippen LogP contribution in [0.5, 0.6) is 0 Å². The van der Waals surface area contributed by atoms with Crippen molar-refractivity contribution in [3.05, 3.63) is 75.3 Å². The average molecular weight is 417 g/mol. The molecule has 0 aliphatic carbocycles. The van der Waals surface area contributed by atoms with Gasteiger partial charge in [0.1, 0.15) is 0 Å². The van der Waals surface area contributed by atoms with Crippen molar-refractivity contribution in [3.63, 3.8) is 0 Å². The highest BCUT2D eigenvalue weighted by molar-refractivity contribution is 6.06. The highest BCUT2D eigenvalue weighted by Crippen LogP contribution is 2.22. The Morgan fingerprint density at radius 3 is 2.35 bits per heavy atom. The van der Waals surface area contributed by atoms with Crippen molar-refractivity contribution in [2.24, 2.45) is 0 Å². The van der Waals surface area contributed by atoms with Crippen LogP contribution in [0.2, 0.25) is 0 Å². The quantitative estimate of drug-likeness (QED) is 0.445. The Bertz CT molecular complexity index is 1400. The van der Waals surface area contributed by atoms with Crippen molar-refractivity contribution >= 4 is 33.5 Å². The maximum atomic E-state index is 12.8. The molecule has 0 spiro atoms. The first-order chi connectivity index (χ1) is 14.8. The summed E-state index contributed by atoms with van der Waals surface area (Å²) in [5.74, 6) is -1.05. The zero-order chi connectivity index (χ0) is 22.3. The van der Waals surface area contributed by atoms with E-state index in [1.807, 2.05) is 33.8 Å². The fourth-order valence-electron chi connectivity index (χ4n) is 3.57. The van der Waals surface area contributed by atoms with Crippen LogP contribution in [-0.4, -0.2) is 26.6 Å². The van der Waals surface area contributed by atoms with Crippen molar-refractivity contribution in [2.75, 3.05) is 0 Å². The van der Waals surface area contributed by atoms with E-state index in [-0.39, 0.29) is 17.3 Å². The Hall–Kier alpha value is -3.94. The maximum absolute atomic E-state index is 12.8. The molecule has 2 aromatic heterocycles. The molecule has 8 nitrogen and oxygen atoms in total. The number of fused-ring (bicyclic) bond motifs is 2. The molecule has 0 aliphatic heterocycles. The van der Waals surface area contributed by atoms with Crippen LogP contribution in [0.4, 0.5) is 0 Å². The molecule has 0 fully saturated rings. The van der Waals surface area contributed by atoms with E-state index in [4.69, 9.17) is 0 Å². The molecule has 31 heavy (non-hydrogen) atoms. The Labute approximate surface area is 178 Å². The molecule has 0 saturated carbocycles. The largest absolute Gasteiger partial charge is 0.358 e.